The Labute approximate surface area is 189 Å². The molecule has 2 aliphatic rings. The van der Waals surface area contributed by atoms with Gasteiger partial charge in [0, 0.05) is 17.1 Å². The summed E-state index contributed by atoms with van der Waals surface area (Å²) in [5.41, 5.74) is 5.17. The fraction of sp³-hybridized carbons (Fsp3) is 0.400. The molecule has 4 N–H and O–H groups in total. The first kappa shape index (κ1) is 22.8. The minimum absolute atomic E-state index is 0. The summed E-state index contributed by atoms with van der Waals surface area (Å²) in [6.07, 6.45) is -0.616. The fourth-order valence-electron chi connectivity index (χ4n) is 2.75. The molecule has 8 nitrogen and oxygen atoms in total. The Morgan fingerprint density at radius 2 is 2.15 bits per heavy atom. The SMILES string of the molecule is N[C@H](CSC1=C(C(=O)[O-])N2C(=O)[C@H](C(O)Cc3cccs3)[C@H]2S1)C(=O)O.[Na+]. The van der Waals surface area contributed by atoms with Crippen LogP contribution in [0.3, 0.4) is 0 Å². The number of carbonyl (C=O) groups excluding carboxylic acids is 2. The fourth-order valence-corrected chi connectivity index (χ4v) is 6.34. The van der Waals surface area contributed by atoms with Crippen molar-refractivity contribution in [2.24, 2.45) is 11.7 Å². The van der Waals surface area contributed by atoms with Gasteiger partial charge in [0.25, 0.3) is 0 Å². The van der Waals surface area contributed by atoms with E-state index in [1.807, 2.05) is 17.5 Å². The van der Waals surface area contributed by atoms with E-state index in [1.165, 1.54) is 11.3 Å². The summed E-state index contributed by atoms with van der Waals surface area (Å²) in [4.78, 5) is 36.7. The van der Waals surface area contributed by atoms with Crippen molar-refractivity contribution in [3.05, 3.63) is 32.3 Å². The van der Waals surface area contributed by atoms with Gasteiger partial charge in [-0.05, 0) is 11.4 Å². The molecule has 3 rings (SSSR count). The number of fused-ring (bicyclic) bond motifs is 1. The minimum Gasteiger partial charge on any atom is -0.543 e. The molecule has 12 heteroatoms. The van der Waals surface area contributed by atoms with Crippen molar-refractivity contribution in [2.75, 3.05) is 5.75 Å². The molecule has 2 aliphatic heterocycles. The van der Waals surface area contributed by atoms with Crippen LogP contribution in [-0.2, 0) is 20.8 Å². The molecule has 0 bridgehead atoms. The van der Waals surface area contributed by atoms with Gasteiger partial charge < -0.3 is 25.8 Å². The number of hydrogen-bond donors (Lipinski definition) is 3. The number of amides is 1. The van der Waals surface area contributed by atoms with E-state index in [2.05, 4.69) is 0 Å². The van der Waals surface area contributed by atoms with Gasteiger partial charge >= 0.3 is 35.5 Å². The van der Waals surface area contributed by atoms with E-state index in [-0.39, 0.29) is 45.2 Å². The van der Waals surface area contributed by atoms with Crippen LogP contribution in [0.5, 0.6) is 0 Å². The van der Waals surface area contributed by atoms with Crippen LogP contribution in [0.4, 0.5) is 0 Å². The Kier molecular flexibility index (Phi) is 7.85. The smallest absolute Gasteiger partial charge is 0.543 e. The third kappa shape index (κ3) is 4.56. The van der Waals surface area contributed by atoms with Crippen LogP contribution in [-0.4, -0.2) is 56.2 Å². The van der Waals surface area contributed by atoms with E-state index in [4.69, 9.17) is 10.8 Å². The molecular formula is C15H15N2NaO6S3. The standard InChI is InChI=1S/C15H16N2O6S3.Na/c16-7(13(20)21)5-25-15-10(14(22)23)17-11(19)9(12(17)26-15)8(18)4-6-2-1-3-24-6;/h1-3,7-9,12,18H,4-5,16H2,(H,20,21)(H,22,23);/q;+1/p-1/t7-,8?,9+,12-;/m1./s1. The van der Waals surface area contributed by atoms with Crippen molar-refractivity contribution in [3.63, 3.8) is 0 Å². The summed E-state index contributed by atoms with van der Waals surface area (Å²) in [5, 5.41) is 32.1. The number of aliphatic hydroxyl groups is 1. The predicted molar refractivity (Wildman–Crippen MR) is 95.8 cm³/mol. The number of β-lactam (4-membered cyclic amide) rings is 1. The van der Waals surface area contributed by atoms with Crippen molar-refractivity contribution in [2.45, 2.75) is 23.9 Å². The zero-order chi connectivity index (χ0) is 19.0. The second kappa shape index (κ2) is 9.31. The number of hydrogen-bond acceptors (Lipinski definition) is 9. The molecule has 4 atom stereocenters. The van der Waals surface area contributed by atoms with Crippen molar-refractivity contribution in [1.82, 2.24) is 4.90 Å². The Hall–Kier alpha value is -0.530. The number of carboxylic acids is 2. The summed E-state index contributed by atoms with van der Waals surface area (Å²) < 4.78 is 0.283. The van der Waals surface area contributed by atoms with Crippen LogP contribution in [0.2, 0.25) is 0 Å². The van der Waals surface area contributed by atoms with E-state index in [0.717, 1.165) is 33.3 Å². The third-order valence-corrected chi connectivity index (χ3v) is 7.73. The van der Waals surface area contributed by atoms with Crippen LogP contribution in [0.15, 0.2) is 27.4 Å². The topological polar surface area (TPSA) is 144 Å². The summed E-state index contributed by atoms with van der Waals surface area (Å²) in [6, 6.07) is 2.55. The summed E-state index contributed by atoms with van der Waals surface area (Å²) in [6.45, 7) is 0. The quantitative estimate of drug-likeness (QED) is 0.275. The van der Waals surface area contributed by atoms with Gasteiger partial charge in [0.1, 0.15) is 11.4 Å². The third-order valence-electron chi connectivity index (χ3n) is 4.06. The maximum Gasteiger partial charge on any atom is 1.00 e. The van der Waals surface area contributed by atoms with Crippen molar-refractivity contribution < 1.29 is 59.3 Å². The summed E-state index contributed by atoms with van der Waals surface area (Å²) in [7, 11) is 0. The summed E-state index contributed by atoms with van der Waals surface area (Å²) >= 11 is 3.56. The molecule has 0 spiro atoms. The molecule has 1 aromatic rings. The van der Waals surface area contributed by atoms with Crippen LogP contribution >= 0.6 is 34.9 Å². The van der Waals surface area contributed by atoms with Crippen molar-refractivity contribution in [1.29, 1.82) is 0 Å². The number of nitrogens with zero attached hydrogens (tertiary/aromatic N) is 1. The zero-order valence-electron chi connectivity index (χ0n) is 14.2. The number of thiophene rings is 1. The molecule has 0 saturated carbocycles. The van der Waals surface area contributed by atoms with E-state index >= 15 is 0 Å². The maximum absolute atomic E-state index is 12.4. The average molecular weight is 438 g/mol. The molecule has 1 fully saturated rings. The molecule has 0 aromatic carbocycles. The second-order valence-electron chi connectivity index (χ2n) is 5.77. The van der Waals surface area contributed by atoms with Crippen molar-refractivity contribution in [3.8, 4) is 0 Å². The van der Waals surface area contributed by atoms with Gasteiger partial charge in [0.2, 0.25) is 5.91 Å². The Balaban J connectivity index is 0.00000261. The number of rotatable bonds is 8. The predicted octanol–water partition coefficient (Wildman–Crippen LogP) is -3.75. The van der Waals surface area contributed by atoms with Gasteiger partial charge in [-0.3, -0.25) is 14.5 Å². The Morgan fingerprint density at radius 3 is 2.70 bits per heavy atom. The van der Waals surface area contributed by atoms with E-state index < -0.39 is 41.3 Å². The molecule has 3 heterocycles. The number of aliphatic carboxylic acids is 2. The van der Waals surface area contributed by atoms with Gasteiger partial charge in [-0.2, -0.15) is 0 Å². The van der Waals surface area contributed by atoms with Gasteiger partial charge in [0.15, 0.2) is 0 Å². The average Bonchev–Trinajstić information content (AvgIpc) is 3.18. The number of aliphatic hydroxyl groups excluding tert-OH is 1. The molecule has 140 valence electrons. The van der Waals surface area contributed by atoms with Crippen molar-refractivity contribution >= 4 is 52.7 Å². The van der Waals surface area contributed by atoms with Crippen LogP contribution in [0, 0.1) is 5.92 Å². The van der Waals surface area contributed by atoms with Crippen LogP contribution < -0.4 is 40.4 Å². The molecular weight excluding hydrogens is 423 g/mol. The molecule has 0 aliphatic carbocycles. The Bertz CT molecular complexity index is 772. The molecule has 1 saturated heterocycles. The van der Waals surface area contributed by atoms with Gasteiger partial charge in [-0.1, -0.05) is 17.8 Å². The summed E-state index contributed by atoms with van der Waals surface area (Å²) in [5.74, 6) is -3.93. The molecule has 1 aromatic heterocycles. The molecule has 1 amide bonds. The number of nitrogens with two attached hydrogens (primary N) is 1. The minimum atomic E-state index is -1.51. The zero-order valence-corrected chi connectivity index (χ0v) is 18.7. The molecule has 0 radical (unpaired) electrons. The van der Waals surface area contributed by atoms with E-state index in [1.54, 1.807) is 0 Å². The molecule has 1 unspecified atom stereocenters. The first-order valence-electron chi connectivity index (χ1n) is 7.58. The maximum atomic E-state index is 12.4. The van der Waals surface area contributed by atoms with Crippen LogP contribution in [0.1, 0.15) is 4.88 Å². The largest absolute Gasteiger partial charge is 1.00 e. The first-order chi connectivity index (χ1) is 12.3. The second-order valence-corrected chi connectivity index (χ2v) is 9.22. The first-order valence-corrected chi connectivity index (χ1v) is 10.3. The molecule has 27 heavy (non-hydrogen) atoms. The number of carboxylic acid groups (broad SMARTS) is 2. The van der Waals surface area contributed by atoms with Gasteiger partial charge in [-0.25, -0.2) is 0 Å². The van der Waals surface area contributed by atoms with E-state index in [0.29, 0.717) is 6.42 Å². The van der Waals surface area contributed by atoms with Crippen LogP contribution in [0.25, 0.3) is 0 Å². The Morgan fingerprint density at radius 1 is 1.44 bits per heavy atom. The number of carbonyl (C=O) groups is 3. The number of thioether (sulfide) groups is 2. The monoisotopic (exact) mass is 438 g/mol. The normalized spacial score (nSPS) is 23.3. The van der Waals surface area contributed by atoms with Gasteiger partial charge in [0.05, 0.1) is 27.9 Å². The van der Waals surface area contributed by atoms with E-state index in [9.17, 15) is 24.6 Å². The van der Waals surface area contributed by atoms with Gasteiger partial charge in [-0.15, -0.1) is 23.1 Å².